The predicted molar refractivity (Wildman–Crippen MR) is 128 cm³/mol. The van der Waals surface area contributed by atoms with Crippen LogP contribution >= 0.6 is 0 Å². The average molecular weight is 469 g/mol. The first kappa shape index (κ1) is 24.3. The van der Waals surface area contributed by atoms with Crippen molar-refractivity contribution in [2.24, 2.45) is 0 Å². The van der Waals surface area contributed by atoms with Crippen LogP contribution in [0.1, 0.15) is 18.1 Å². The number of sulfonamides is 1. The highest BCUT2D eigenvalue weighted by atomic mass is 32.2. The molecule has 3 aromatic rings. The van der Waals surface area contributed by atoms with Crippen LogP contribution in [-0.4, -0.2) is 34.1 Å². The van der Waals surface area contributed by atoms with E-state index < -0.39 is 22.0 Å². The van der Waals surface area contributed by atoms with Crippen molar-refractivity contribution in [2.45, 2.75) is 31.2 Å². The number of nitrogens with one attached hydrogen (secondary N) is 2. The summed E-state index contributed by atoms with van der Waals surface area (Å²) < 4.78 is 39.7. The smallest absolute Gasteiger partial charge is 0.243 e. The summed E-state index contributed by atoms with van der Waals surface area (Å²) in [6.45, 7) is 4.12. The predicted octanol–water partition coefficient (Wildman–Crippen LogP) is 3.93. The van der Waals surface area contributed by atoms with Crippen LogP contribution in [0.3, 0.4) is 0 Å². The Bertz CT molecular complexity index is 1200. The van der Waals surface area contributed by atoms with Crippen LogP contribution < -0.4 is 19.5 Å². The molecule has 0 saturated carbocycles. The topological polar surface area (TPSA) is 93.7 Å². The maximum Gasteiger partial charge on any atom is 0.243 e. The van der Waals surface area contributed by atoms with Gasteiger partial charge in [-0.05, 0) is 61.7 Å². The van der Waals surface area contributed by atoms with E-state index in [2.05, 4.69) is 10.0 Å². The van der Waals surface area contributed by atoms with Crippen molar-refractivity contribution in [1.82, 2.24) is 4.72 Å². The molecule has 3 aromatic carbocycles. The first-order chi connectivity index (χ1) is 15.8. The Labute approximate surface area is 194 Å². The molecule has 0 spiro atoms. The van der Waals surface area contributed by atoms with E-state index in [9.17, 15) is 13.2 Å². The first-order valence-corrected chi connectivity index (χ1v) is 12.1. The van der Waals surface area contributed by atoms with Gasteiger partial charge in [0.1, 0.15) is 17.5 Å². The van der Waals surface area contributed by atoms with Crippen molar-refractivity contribution in [3.63, 3.8) is 0 Å². The van der Waals surface area contributed by atoms with Crippen LogP contribution in [0, 0.1) is 6.92 Å². The Morgan fingerprint density at radius 1 is 0.970 bits per heavy atom. The number of methoxy groups -OCH3 is 1. The maximum atomic E-state index is 13.2. The molecule has 0 bridgehead atoms. The van der Waals surface area contributed by atoms with E-state index in [0.717, 1.165) is 5.56 Å². The molecule has 7 nitrogen and oxygen atoms in total. The summed E-state index contributed by atoms with van der Waals surface area (Å²) in [6, 6.07) is 19.8. The van der Waals surface area contributed by atoms with E-state index in [1.807, 2.05) is 37.3 Å². The fraction of sp³-hybridized carbons (Fsp3) is 0.240. The Kier molecular flexibility index (Phi) is 8.08. The summed E-state index contributed by atoms with van der Waals surface area (Å²) in [7, 11) is -2.48. The molecule has 174 valence electrons. The molecule has 3 rings (SSSR count). The number of aryl methyl sites for hydroxylation is 1. The third kappa shape index (κ3) is 6.34. The number of para-hydroxylation sites is 2. The molecule has 33 heavy (non-hydrogen) atoms. The standard InChI is InChI=1S/C25H28N2O5S/c1-4-32-23-15-14-20(16-18(23)2)33(29,30)27-22(17-19-10-6-5-7-11-19)25(28)26-21-12-8-9-13-24(21)31-3/h5-16,22,27H,4,17H2,1-3H3,(H,26,28)/t22-/m1/s1. The average Bonchev–Trinajstić information content (AvgIpc) is 2.81. The second-order valence-electron chi connectivity index (χ2n) is 7.41. The van der Waals surface area contributed by atoms with Gasteiger partial charge in [0.05, 0.1) is 24.3 Å². The zero-order chi connectivity index (χ0) is 23.8. The highest BCUT2D eigenvalue weighted by Gasteiger charge is 2.27. The van der Waals surface area contributed by atoms with Gasteiger partial charge >= 0.3 is 0 Å². The molecule has 0 aliphatic carbocycles. The second kappa shape index (κ2) is 11.0. The molecular formula is C25H28N2O5S. The molecule has 0 heterocycles. The molecule has 1 amide bonds. The van der Waals surface area contributed by atoms with Crippen molar-refractivity contribution < 1.29 is 22.7 Å². The summed E-state index contributed by atoms with van der Waals surface area (Å²) in [4.78, 5) is 13.2. The van der Waals surface area contributed by atoms with Crippen LogP contribution in [-0.2, 0) is 21.2 Å². The quantitative estimate of drug-likeness (QED) is 0.470. The van der Waals surface area contributed by atoms with Gasteiger partial charge in [0.15, 0.2) is 0 Å². The molecule has 1 atom stereocenters. The number of hydrogen-bond donors (Lipinski definition) is 2. The van der Waals surface area contributed by atoms with Gasteiger partial charge in [0.2, 0.25) is 15.9 Å². The highest BCUT2D eigenvalue weighted by molar-refractivity contribution is 7.89. The van der Waals surface area contributed by atoms with Crippen LogP contribution in [0.25, 0.3) is 0 Å². The number of rotatable bonds is 10. The Hall–Kier alpha value is -3.36. The molecule has 0 saturated heterocycles. The van der Waals surface area contributed by atoms with Gasteiger partial charge in [0.25, 0.3) is 0 Å². The van der Waals surface area contributed by atoms with E-state index in [1.54, 1.807) is 37.3 Å². The summed E-state index contributed by atoms with van der Waals surface area (Å²) in [6.07, 6.45) is 0.178. The Balaban J connectivity index is 1.89. The van der Waals surface area contributed by atoms with Crippen LogP contribution in [0.15, 0.2) is 77.7 Å². The largest absolute Gasteiger partial charge is 0.495 e. The lowest BCUT2D eigenvalue weighted by atomic mass is 10.1. The SMILES string of the molecule is CCOc1ccc(S(=O)(=O)N[C@H](Cc2ccccc2)C(=O)Nc2ccccc2OC)cc1C. The van der Waals surface area contributed by atoms with Gasteiger partial charge in [0, 0.05) is 0 Å². The zero-order valence-electron chi connectivity index (χ0n) is 18.9. The van der Waals surface area contributed by atoms with Crippen molar-refractivity contribution in [3.8, 4) is 11.5 Å². The molecule has 0 fully saturated rings. The number of anilines is 1. The van der Waals surface area contributed by atoms with Crippen molar-refractivity contribution in [1.29, 1.82) is 0 Å². The molecule has 2 N–H and O–H groups in total. The Morgan fingerprint density at radius 3 is 2.33 bits per heavy atom. The summed E-state index contributed by atoms with van der Waals surface area (Å²) in [5, 5.41) is 2.78. The second-order valence-corrected chi connectivity index (χ2v) is 9.13. The molecule has 0 aromatic heterocycles. The fourth-order valence-electron chi connectivity index (χ4n) is 3.37. The fourth-order valence-corrected chi connectivity index (χ4v) is 4.65. The Morgan fingerprint density at radius 2 is 1.67 bits per heavy atom. The third-order valence-electron chi connectivity index (χ3n) is 5.02. The van der Waals surface area contributed by atoms with Gasteiger partial charge in [-0.2, -0.15) is 4.72 Å². The van der Waals surface area contributed by atoms with Gasteiger partial charge in [-0.15, -0.1) is 0 Å². The van der Waals surface area contributed by atoms with Gasteiger partial charge < -0.3 is 14.8 Å². The number of benzene rings is 3. The number of ether oxygens (including phenoxy) is 2. The molecule has 0 aliphatic rings. The summed E-state index contributed by atoms with van der Waals surface area (Å²) in [5.41, 5.74) is 1.97. The lowest BCUT2D eigenvalue weighted by Crippen LogP contribution is -2.45. The molecule has 0 aliphatic heterocycles. The van der Waals surface area contributed by atoms with Crippen molar-refractivity contribution >= 4 is 21.6 Å². The van der Waals surface area contributed by atoms with E-state index in [4.69, 9.17) is 9.47 Å². The van der Waals surface area contributed by atoms with E-state index in [0.29, 0.717) is 29.4 Å². The molecule has 0 unspecified atom stereocenters. The number of hydrogen-bond acceptors (Lipinski definition) is 5. The highest BCUT2D eigenvalue weighted by Crippen LogP contribution is 2.25. The minimum absolute atomic E-state index is 0.0617. The summed E-state index contributed by atoms with van der Waals surface area (Å²) >= 11 is 0. The number of carbonyl (C=O) groups is 1. The molecule has 0 radical (unpaired) electrons. The minimum atomic E-state index is -3.98. The first-order valence-electron chi connectivity index (χ1n) is 10.6. The van der Waals surface area contributed by atoms with Gasteiger partial charge in [-0.25, -0.2) is 8.42 Å². The third-order valence-corrected chi connectivity index (χ3v) is 6.49. The van der Waals surface area contributed by atoms with E-state index in [1.165, 1.54) is 19.2 Å². The van der Waals surface area contributed by atoms with E-state index >= 15 is 0 Å². The van der Waals surface area contributed by atoms with Gasteiger partial charge in [-0.1, -0.05) is 42.5 Å². The molecule has 8 heteroatoms. The maximum absolute atomic E-state index is 13.2. The summed E-state index contributed by atoms with van der Waals surface area (Å²) in [5.74, 6) is 0.607. The van der Waals surface area contributed by atoms with Gasteiger partial charge in [-0.3, -0.25) is 4.79 Å². The van der Waals surface area contributed by atoms with Crippen LogP contribution in [0.4, 0.5) is 5.69 Å². The number of amides is 1. The monoisotopic (exact) mass is 468 g/mol. The zero-order valence-corrected chi connectivity index (χ0v) is 19.7. The van der Waals surface area contributed by atoms with Crippen molar-refractivity contribution in [3.05, 3.63) is 83.9 Å². The minimum Gasteiger partial charge on any atom is -0.495 e. The lowest BCUT2D eigenvalue weighted by molar-refractivity contribution is -0.117. The lowest BCUT2D eigenvalue weighted by Gasteiger charge is -2.20. The van der Waals surface area contributed by atoms with Crippen LogP contribution in [0.5, 0.6) is 11.5 Å². The number of carbonyl (C=O) groups excluding carboxylic acids is 1. The normalized spacial score (nSPS) is 12.1. The van der Waals surface area contributed by atoms with Crippen LogP contribution in [0.2, 0.25) is 0 Å². The van der Waals surface area contributed by atoms with Crippen molar-refractivity contribution in [2.75, 3.05) is 19.0 Å². The molecular weight excluding hydrogens is 440 g/mol. The van der Waals surface area contributed by atoms with E-state index in [-0.39, 0.29) is 11.3 Å².